The quantitative estimate of drug-likeness (QED) is 0.811. The van der Waals surface area contributed by atoms with Crippen LogP contribution in [-0.2, 0) is 9.59 Å². The molecule has 0 saturated carbocycles. The summed E-state index contributed by atoms with van der Waals surface area (Å²) in [6, 6.07) is 7.28. The molecular formula is C18H21F3N2O3. The molecule has 26 heavy (non-hydrogen) atoms. The highest BCUT2D eigenvalue weighted by Crippen LogP contribution is 2.19. The number of alkyl halides is 3. The Morgan fingerprint density at radius 3 is 2.62 bits per heavy atom. The number of halogens is 3. The minimum absolute atomic E-state index is 0.0278. The van der Waals surface area contributed by atoms with Crippen molar-refractivity contribution in [1.82, 2.24) is 10.2 Å². The molecule has 0 bridgehead atoms. The fraction of sp³-hybridized carbons (Fsp3) is 0.444. The van der Waals surface area contributed by atoms with Crippen molar-refractivity contribution in [3.8, 4) is 5.75 Å². The normalized spacial score (nSPS) is 15.9. The van der Waals surface area contributed by atoms with E-state index in [1.807, 2.05) is 23.5 Å². The highest BCUT2D eigenvalue weighted by Gasteiger charge is 2.38. The summed E-state index contributed by atoms with van der Waals surface area (Å²) in [6.45, 7) is 0.877. The van der Waals surface area contributed by atoms with Gasteiger partial charge in [0.25, 0.3) is 0 Å². The Kier molecular flexibility index (Phi) is 6.65. The number of benzene rings is 1. The molecule has 1 aliphatic rings. The summed E-state index contributed by atoms with van der Waals surface area (Å²) >= 11 is 0. The molecule has 2 rings (SSSR count). The molecule has 1 heterocycles. The molecule has 0 aliphatic carbocycles. The van der Waals surface area contributed by atoms with Crippen molar-refractivity contribution in [3.63, 3.8) is 0 Å². The van der Waals surface area contributed by atoms with Crippen LogP contribution in [0.15, 0.2) is 30.3 Å². The fourth-order valence-corrected chi connectivity index (χ4v) is 2.71. The maximum Gasteiger partial charge on any atom is 0.471 e. The van der Waals surface area contributed by atoms with E-state index in [0.717, 1.165) is 5.56 Å². The predicted octanol–water partition coefficient (Wildman–Crippen LogP) is 2.63. The van der Waals surface area contributed by atoms with Gasteiger partial charge >= 0.3 is 12.1 Å². The number of hydrogen-bond donors (Lipinski definition) is 1. The first kappa shape index (κ1) is 19.8. The van der Waals surface area contributed by atoms with Crippen LogP contribution in [0.5, 0.6) is 5.75 Å². The molecular weight excluding hydrogens is 349 g/mol. The minimum Gasteiger partial charge on any atom is -0.497 e. The van der Waals surface area contributed by atoms with E-state index in [1.165, 1.54) is 6.08 Å². The molecule has 142 valence electrons. The van der Waals surface area contributed by atoms with Crippen LogP contribution in [0.3, 0.4) is 0 Å². The van der Waals surface area contributed by atoms with Crippen molar-refractivity contribution in [3.05, 3.63) is 35.9 Å². The van der Waals surface area contributed by atoms with Crippen LogP contribution in [0.4, 0.5) is 13.2 Å². The number of methoxy groups -OCH3 is 1. The lowest BCUT2D eigenvalue weighted by Gasteiger charge is -2.31. The fourth-order valence-electron chi connectivity index (χ4n) is 2.71. The van der Waals surface area contributed by atoms with Crippen molar-refractivity contribution in [1.29, 1.82) is 0 Å². The average molecular weight is 370 g/mol. The summed E-state index contributed by atoms with van der Waals surface area (Å²) < 4.78 is 41.6. The summed E-state index contributed by atoms with van der Waals surface area (Å²) in [5.74, 6) is -1.43. The summed E-state index contributed by atoms with van der Waals surface area (Å²) in [5, 5.41) is 1.90. The number of ether oxygens (including phenoxy) is 1. The minimum atomic E-state index is -4.86. The predicted molar refractivity (Wildman–Crippen MR) is 90.4 cm³/mol. The third-order valence-electron chi connectivity index (χ3n) is 4.25. The van der Waals surface area contributed by atoms with Gasteiger partial charge in [-0.05, 0) is 42.5 Å². The molecule has 1 aromatic carbocycles. The molecule has 0 spiro atoms. The van der Waals surface area contributed by atoms with Crippen molar-refractivity contribution < 1.29 is 27.5 Å². The van der Waals surface area contributed by atoms with Gasteiger partial charge in [-0.1, -0.05) is 12.1 Å². The number of amides is 2. The Labute approximate surface area is 149 Å². The molecule has 0 unspecified atom stereocenters. The molecule has 1 fully saturated rings. The van der Waals surface area contributed by atoms with Gasteiger partial charge in [0.15, 0.2) is 0 Å². The molecule has 0 radical (unpaired) electrons. The van der Waals surface area contributed by atoms with Crippen molar-refractivity contribution in [2.75, 3.05) is 26.7 Å². The lowest BCUT2D eigenvalue weighted by molar-refractivity contribution is -0.173. The SMILES string of the molecule is COc1cccc(/C=C/C(=O)N2CCC(CNC(=O)C(F)(F)F)CC2)c1. The highest BCUT2D eigenvalue weighted by atomic mass is 19.4. The number of likely N-dealkylation sites (tertiary alicyclic amines) is 1. The van der Waals surface area contributed by atoms with Crippen molar-refractivity contribution >= 4 is 17.9 Å². The van der Waals surface area contributed by atoms with Gasteiger partial charge in [-0.2, -0.15) is 13.2 Å². The molecule has 1 aromatic rings. The molecule has 2 amide bonds. The third kappa shape index (κ3) is 5.79. The zero-order chi connectivity index (χ0) is 19.2. The van der Waals surface area contributed by atoms with Crippen molar-refractivity contribution in [2.24, 2.45) is 5.92 Å². The van der Waals surface area contributed by atoms with E-state index in [9.17, 15) is 22.8 Å². The second-order valence-electron chi connectivity index (χ2n) is 6.09. The first-order valence-electron chi connectivity index (χ1n) is 8.25. The lowest BCUT2D eigenvalue weighted by Crippen LogP contribution is -2.43. The van der Waals surface area contributed by atoms with E-state index < -0.39 is 12.1 Å². The standard InChI is InChI=1S/C18H21F3N2O3/c1-26-15-4-2-3-13(11-15)5-6-16(24)23-9-7-14(8-10-23)12-22-17(25)18(19,20)21/h2-6,11,14H,7-10,12H2,1H3,(H,22,25)/b6-5+. The molecule has 0 aromatic heterocycles. The largest absolute Gasteiger partial charge is 0.497 e. The Balaban J connectivity index is 1.79. The van der Waals surface area contributed by atoms with Gasteiger partial charge in [0.2, 0.25) is 5.91 Å². The van der Waals surface area contributed by atoms with Gasteiger partial charge in [-0.3, -0.25) is 9.59 Å². The molecule has 8 heteroatoms. The Morgan fingerprint density at radius 2 is 2.00 bits per heavy atom. The van der Waals surface area contributed by atoms with Crippen LogP contribution in [0.2, 0.25) is 0 Å². The highest BCUT2D eigenvalue weighted by molar-refractivity contribution is 5.91. The van der Waals surface area contributed by atoms with Gasteiger partial charge in [-0.15, -0.1) is 0 Å². The summed E-state index contributed by atoms with van der Waals surface area (Å²) in [7, 11) is 1.56. The van der Waals surface area contributed by atoms with Crippen LogP contribution in [0.25, 0.3) is 6.08 Å². The van der Waals surface area contributed by atoms with Gasteiger partial charge in [0, 0.05) is 25.7 Å². The van der Waals surface area contributed by atoms with E-state index in [1.54, 1.807) is 24.2 Å². The van der Waals surface area contributed by atoms with Crippen LogP contribution in [-0.4, -0.2) is 49.6 Å². The van der Waals surface area contributed by atoms with Gasteiger partial charge in [-0.25, -0.2) is 0 Å². The van der Waals surface area contributed by atoms with Gasteiger partial charge in [0.1, 0.15) is 5.75 Å². The number of hydrogen-bond acceptors (Lipinski definition) is 3. The summed E-state index contributed by atoms with van der Waals surface area (Å²) in [5.41, 5.74) is 0.836. The van der Waals surface area contributed by atoms with Crippen LogP contribution >= 0.6 is 0 Å². The van der Waals surface area contributed by atoms with E-state index >= 15 is 0 Å². The summed E-state index contributed by atoms with van der Waals surface area (Å²) in [4.78, 5) is 24.7. The second-order valence-corrected chi connectivity index (χ2v) is 6.09. The van der Waals surface area contributed by atoms with Crippen LogP contribution in [0, 0.1) is 5.92 Å². The summed E-state index contributed by atoms with van der Waals surface area (Å²) in [6.07, 6.45) is -0.587. The molecule has 1 N–H and O–H groups in total. The molecule has 5 nitrogen and oxygen atoms in total. The smallest absolute Gasteiger partial charge is 0.471 e. The van der Waals surface area contributed by atoms with E-state index in [-0.39, 0.29) is 18.4 Å². The average Bonchev–Trinajstić information content (AvgIpc) is 2.64. The van der Waals surface area contributed by atoms with Gasteiger partial charge in [0.05, 0.1) is 7.11 Å². The number of nitrogens with one attached hydrogen (secondary N) is 1. The van der Waals surface area contributed by atoms with Crippen LogP contribution in [0.1, 0.15) is 18.4 Å². The number of piperidine rings is 1. The maximum atomic E-state index is 12.2. The zero-order valence-corrected chi connectivity index (χ0v) is 14.4. The topological polar surface area (TPSA) is 58.6 Å². The zero-order valence-electron chi connectivity index (χ0n) is 14.4. The lowest BCUT2D eigenvalue weighted by atomic mass is 9.96. The first-order chi connectivity index (χ1) is 12.3. The maximum absolute atomic E-state index is 12.2. The monoisotopic (exact) mass is 370 g/mol. The molecule has 1 saturated heterocycles. The number of carbonyl (C=O) groups is 2. The number of rotatable bonds is 5. The Hall–Kier alpha value is -2.51. The Bertz CT molecular complexity index is 666. The Morgan fingerprint density at radius 1 is 1.31 bits per heavy atom. The van der Waals surface area contributed by atoms with Gasteiger partial charge < -0.3 is 15.0 Å². The van der Waals surface area contributed by atoms with E-state index in [2.05, 4.69) is 0 Å². The third-order valence-corrected chi connectivity index (χ3v) is 4.25. The number of nitrogens with zero attached hydrogens (tertiary/aromatic N) is 1. The first-order valence-corrected chi connectivity index (χ1v) is 8.25. The van der Waals surface area contributed by atoms with Crippen molar-refractivity contribution in [2.45, 2.75) is 19.0 Å². The van der Waals surface area contributed by atoms with E-state index in [4.69, 9.17) is 4.74 Å². The number of carbonyl (C=O) groups excluding carboxylic acids is 2. The molecule has 0 atom stereocenters. The van der Waals surface area contributed by atoms with Crippen LogP contribution < -0.4 is 10.1 Å². The van der Waals surface area contributed by atoms with E-state index in [0.29, 0.717) is 31.7 Å². The molecule has 1 aliphatic heterocycles. The second kappa shape index (κ2) is 8.73.